The third-order valence-electron chi connectivity index (χ3n) is 4.74. The highest BCUT2D eigenvalue weighted by molar-refractivity contribution is 5.69. The van der Waals surface area contributed by atoms with Gasteiger partial charge in [0.15, 0.2) is 0 Å². The molecule has 5 nitrogen and oxygen atoms in total. The maximum Gasteiger partial charge on any atom is 0.410 e. The van der Waals surface area contributed by atoms with E-state index in [1.807, 2.05) is 35.2 Å². The second-order valence-corrected chi connectivity index (χ2v) is 6.36. The van der Waals surface area contributed by atoms with E-state index in [1.165, 1.54) is 12.8 Å². The molecule has 114 valence electrons. The van der Waals surface area contributed by atoms with E-state index in [4.69, 9.17) is 4.74 Å². The number of hydrogen-bond acceptors (Lipinski definition) is 3. The van der Waals surface area contributed by atoms with Crippen LogP contribution in [-0.2, 0) is 11.3 Å². The molecular weight excluding hydrogens is 278 g/mol. The molecule has 2 aliphatic rings. The van der Waals surface area contributed by atoms with E-state index < -0.39 is 0 Å². The first-order chi connectivity index (χ1) is 10.8. The van der Waals surface area contributed by atoms with Gasteiger partial charge in [-0.2, -0.15) is 0 Å². The lowest BCUT2D eigenvalue weighted by Gasteiger charge is -2.22. The van der Waals surface area contributed by atoms with Gasteiger partial charge in [0.2, 0.25) is 0 Å². The molecule has 1 atom stereocenters. The average molecular weight is 297 g/mol. The fourth-order valence-electron chi connectivity index (χ4n) is 3.29. The molecular formula is C17H19N3O2. The molecule has 5 heteroatoms. The van der Waals surface area contributed by atoms with Crippen LogP contribution in [0.2, 0.25) is 0 Å². The van der Waals surface area contributed by atoms with Crippen molar-refractivity contribution in [1.82, 2.24) is 14.9 Å². The third-order valence-corrected chi connectivity index (χ3v) is 4.74. The normalized spacial score (nSPS) is 22.0. The van der Waals surface area contributed by atoms with Crippen LogP contribution in [0, 0.1) is 5.41 Å². The Balaban J connectivity index is 1.46. The number of hydrogen-bond donors (Lipinski definition) is 1. The number of nitrogens with zero attached hydrogens (tertiary/aromatic N) is 2. The summed E-state index contributed by atoms with van der Waals surface area (Å²) in [7, 11) is 0. The molecule has 0 radical (unpaired) electrons. The minimum Gasteiger partial charge on any atom is -0.445 e. The van der Waals surface area contributed by atoms with Gasteiger partial charge in [-0.1, -0.05) is 30.3 Å². The van der Waals surface area contributed by atoms with Crippen LogP contribution in [0.4, 0.5) is 4.79 Å². The number of likely N-dealkylation sites (tertiary alicyclic amines) is 1. The highest BCUT2D eigenvalue weighted by Crippen LogP contribution is 2.58. The Morgan fingerprint density at radius 3 is 2.86 bits per heavy atom. The lowest BCUT2D eigenvalue weighted by Crippen LogP contribution is -2.32. The predicted octanol–water partition coefficient (Wildman–Crippen LogP) is 3.27. The van der Waals surface area contributed by atoms with Crippen LogP contribution in [-0.4, -0.2) is 27.5 Å². The van der Waals surface area contributed by atoms with Crippen LogP contribution in [0.5, 0.6) is 0 Å². The molecule has 1 aromatic heterocycles. The van der Waals surface area contributed by atoms with Crippen molar-refractivity contribution in [1.29, 1.82) is 0 Å². The number of ether oxygens (including phenoxy) is 1. The van der Waals surface area contributed by atoms with Gasteiger partial charge in [-0.25, -0.2) is 9.78 Å². The van der Waals surface area contributed by atoms with E-state index in [0.717, 1.165) is 24.4 Å². The standard InChI is InChI=1S/C17H19N3O2/c21-16(22-11-13-4-2-1-3-5-13)20-12-17(6-7-17)10-14(20)15-18-8-9-19-15/h1-5,8-9,14H,6-7,10-12H2,(H,18,19). The number of carbonyl (C=O) groups excluding carboxylic acids is 1. The third kappa shape index (κ3) is 2.47. The van der Waals surface area contributed by atoms with Gasteiger partial charge in [-0.05, 0) is 30.2 Å². The molecule has 2 heterocycles. The number of rotatable bonds is 3. The lowest BCUT2D eigenvalue weighted by molar-refractivity contribution is 0.0899. The van der Waals surface area contributed by atoms with Crippen LogP contribution in [0.15, 0.2) is 42.7 Å². The maximum absolute atomic E-state index is 12.5. The molecule has 1 saturated carbocycles. The molecule has 1 unspecified atom stereocenters. The van der Waals surface area contributed by atoms with E-state index in [-0.39, 0.29) is 12.1 Å². The highest BCUT2D eigenvalue weighted by Gasteiger charge is 2.54. The molecule has 4 rings (SSSR count). The fraction of sp³-hybridized carbons (Fsp3) is 0.412. The van der Waals surface area contributed by atoms with Gasteiger partial charge in [0, 0.05) is 18.9 Å². The summed E-state index contributed by atoms with van der Waals surface area (Å²) in [6, 6.07) is 9.79. The van der Waals surface area contributed by atoms with Crippen molar-refractivity contribution >= 4 is 6.09 Å². The number of nitrogens with one attached hydrogen (secondary N) is 1. The molecule has 2 fully saturated rings. The first kappa shape index (κ1) is 13.4. The number of carbonyl (C=O) groups is 1. The summed E-state index contributed by atoms with van der Waals surface area (Å²) in [5.74, 6) is 0.862. The monoisotopic (exact) mass is 297 g/mol. The smallest absolute Gasteiger partial charge is 0.410 e. The number of H-pyrrole nitrogens is 1. The zero-order valence-electron chi connectivity index (χ0n) is 12.4. The Morgan fingerprint density at radius 2 is 2.18 bits per heavy atom. The van der Waals surface area contributed by atoms with Crippen molar-refractivity contribution in [2.45, 2.75) is 31.9 Å². The summed E-state index contributed by atoms with van der Waals surface area (Å²) in [4.78, 5) is 21.8. The fourth-order valence-corrected chi connectivity index (χ4v) is 3.29. The molecule has 0 bridgehead atoms. The zero-order valence-corrected chi connectivity index (χ0v) is 12.4. The first-order valence-corrected chi connectivity index (χ1v) is 7.72. The molecule has 1 aromatic carbocycles. The quantitative estimate of drug-likeness (QED) is 0.946. The molecule has 2 aromatic rings. The van der Waals surface area contributed by atoms with Crippen molar-refractivity contribution < 1.29 is 9.53 Å². The number of imidazole rings is 1. The molecule has 1 saturated heterocycles. The lowest BCUT2D eigenvalue weighted by atomic mass is 10.0. The number of benzene rings is 1. The highest BCUT2D eigenvalue weighted by atomic mass is 16.6. The minimum atomic E-state index is -0.242. The van der Waals surface area contributed by atoms with Crippen molar-refractivity contribution in [3.05, 3.63) is 54.1 Å². The summed E-state index contributed by atoms with van der Waals surface area (Å²) in [5.41, 5.74) is 1.31. The van der Waals surface area contributed by atoms with Crippen molar-refractivity contribution in [3.8, 4) is 0 Å². The van der Waals surface area contributed by atoms with E-state index in [9.17, 15) is 4.79 Å². The van der Waals surface area contributed by atoms with Gasteiger partial charge >= 0.3 is 6.09 Å². The summed E-state index contributed by atoms with van der Waals surface area (Å²) in [5, 5.41) is 0. The molecule has 1 N–H and O–H groups in total. The van der Waals surface area contributed by atoms with Crippen LogP contribution in [0.3, 0.4) is 0 Å². The Bertz CT molecular complexity index is 650. The molecule has 22 heavy (non-hydrogen) atoms. The van der Waals surface area contributed by atoms with Gasteiger partial charge in [0.1, 0.15) is 12.4 Å². The Kier molecular flexibility index (Phi) is 3.13. The molecule has 1 amide bonds. The Labute approximate surface area is 129 Å². The summed E-state index contributed by atoms with van der Waals surface area (Å²) in [6.45, 7) is 1.10. The van der Waals surface area contributed by atoms with Crippen molar-refractivity contribution in [2.24, 2.45) is 5.41 Å². The van der Waals surface area contributed by atoms with E-state index >= 15 is 0 Å². The summed E-state index contributed by atoms with van der Waals surface area (Å²) >= 11 is 0. The average Bonchev–Trinajstić information content (AvgIpc) is 2.96. The number of amides is 1. The second-order valence-electron chi connectivity index (χ2n) is 6.36. The topological polar surface area (TPSA) is 58.2 Å². The van der Waals surface area contributed by atoms with Gasteiger partial charge in [-0.15, -0.1) is 0 Å². The van der Waals surface area contributed by atoms with Crippen molar-refractivity contribution in [3.63, 3.8) is 0 Å². The first-order valence-electron chi connectivity index (χ1n) is 7.72. The van der Waals surface area contributed by atoms with Gasteiger partial charge < -0.3 is 9.72 Å². The minimum absolute atomic E-state index is 0.0146. The van der Waals surface area contributed by atoms with Crippen LogP contribution in [0.25, 0.3) is 0 Å². The SMILES string of the molecule is O=C(OCc1ccccc1)N1CC2(CC2)CC1c1ncc[nH]1. The van der Waals surface area contributed by atoms with Crippen LogP contribution in [0.1, 0.15) is 36.7 Å². The van der Waals surface area contributed by atoms with Gasteiger partial charge in [-0.3, -0.25) is 4.90 Å². The van der Waals surface area contributed by atoms with Gasteiger partial charge in [0.25, 0.3) is 0 Å². The van der Waals surface area contributed by atoms with E-state index in [1.54, 1.807) is 12.4 Å². The van der Waals surface area contributed by atoms with Crippen LogP contribution >= 0.6 is 0 Å². The largest absolute Gasteiger partial charge is 0.445 e. The maximum atomic E-state index is 12.5. The Hall–Kier alpha value is -2.30. The summed E-state index contributed by atoms with van der Waals surface area (Å²) in [6.07, 6.45) is 6.69. The number of aromatic amines is 1. The van der Waals surface area contributed by atoms with Crippen molar-refractivity contribution in [2.75, 3.05) is 6.54 Å². The molecule has 1 spiro atoms. The Morgan fingerprint density at radius 1 is 1.36 bits per heavy atom. The predicted molar refractivity (Wildman–Crippen MR) is 80.9 cm³/mol. The zero-order chi connectivity index (χ0) is 15.0. The van der Waals surface area contributed by atoms with Gasteiger partial charge in [0.05, 0.1) is 6.04 Å². The van der Waals surface area contributed by atoms with Crippen LogP contribution < -0.4 is 0 Å². The van der Waals surface area contributed by atoms with E-state index in [2.05, 4.69) is 9.97 Å². The number of aromatic nitrogens is 2. The molecule has 1 aliphatic heterocycles. The molecule has 1 aliphatic carbocycles. The van der Waals surface area contributed by atoms with E-state index in [0.29, 0.717) is 12.0 Å². The summed E-state index contributed by atoms with van der Waals surface area (Å²) < 4.78 is 5.51. The second kappa shape index (κ2) is 5.16.